The number of halogens is 1. The van der Waals surface area contributed by atoms with E-state index in [-0.39, 0.29) is 11.9 Å². The van der Waals surface area contributed by atoms with Gasteiger partial charge in [-0.1, -0.05) is 0 Å². The average molecular weight is 280 g/mol. The van der Waals surface area contributed by atoms with Gasteiger partial charge in [0.25, 0.3) is 0 Å². The lowest BCUT2D eigenvalue weighted by Gasteiger charge is -2.05. The SMILES string of the molecule is O=P(O)(O)CCCCSc1ccc(F)cc1O. The minimum absolute atomic E-state index is 0.106. The lowest BCUT2D eigenvalue weighted by molar-refractivity contribution is 0.371. The second kappa shape index (κ2) is 6.40. The second-order valence-electron chi connectivity index (χ2n) is 3.56. The van der Waals surface area contributed by atoms with Crippen molar-refractivity contribution in [3.8, 4) is 5.75 Å². The van der Waals surface area contributed by atoms with Gasteiger partial charge in [0.15, 0.2) is 0 Å². The van der Waals surface area contributed by atoms with Gasteiger partial charge >= 0.3 is 7.60 Å². The molecule has 0 unspecified atom stereocenters. The molecule has 0 aliphatic carbocycles. The normalized spacial score (nSPS) is 11.7. The minimum Gasteiger partial charge on any atom is -0.507 e. The fourth-order valence-corrected chi connectivity index (χ4v) is 2.79. The molecule has 0 bridgehead atoms. The molecule has 0 aliphatic rings. The van der Waals surface area contributed by atoms with E-state index in [0.717, 1.165) is 6.07 Å². The van der Waals surface area contributed by atoms with Crippen molar-refractivity contribution in [2.45, 2.75) is 17.7 Å². The van der Waals surface area contributed by atoms with Crippen molar-refractivity contribution < 1.29 is 23.8 Å². The highest BCUT2D eigenvalue weighted by Gasteiger charge is 2.11. The fraction of sp³-hybridized carbons (Fsp3) is 0.400. The van der Waals surface area contributed by atoms with Crippen molar-refractivity contribution >= 4 is 19.4 Å². The standard InChI is InChI=1S/C10H14FO4PS/c11-8-3-4-10(9(12)7-8)17-6-2-1-5-16(13,14)15/h3-4,7,12H,1-2,5-6H2,(H2,13,14,15). The summed E-state index contributed by atoms with van der Waals surface area (Å²) >= 11 is 1.34. The van der Waals surface area contributed by atoms with Gasteiger partial charge in [-0.15, -0.1) is 11.8 Å². The van der Waals surface area contributed by atoms with Gasteiger partial charge in [-0.3, -0.25) is 4.57 Å². The van der Waals surface area contributed by atoms with E-state index in [0.29, 0.717) is 23.5 Å². The van der Waals surface area contributed by atoms with E-state index in [9.17, 15) is 14.1 Å². The lowest BCUT2D eigenvalue weighted by Crippen LogP contribution is -1.89. The first-order valence-corrected chi connectivity index (χ1v) is 7.83. The van der Waals surface area contributed by atoms with Gasteiger partial charge in [-0.25, -0.2) is 4.39 Å². The molecule has 0 atom stereocenters. The summed E-state index contributed by atoms with van der Waals surface area (Å²) in [5.74, 6) is 0.0254. The van der Waals surface area contributed by atoms with Crippen LogP contribution in [0.5, 0.6) is 5.75 Å². The van der Waals surface area contributed by atoms with Crippen molar-refractivity contribution in [1.29, 1.82) is 0 Å². The van der Waals surface area contributed by atoms with E-state index in [1.165, 1.54) is 23.9 Å². The smallest absolute Gasteiger partial charge is 0.325 e. The zero-order chi connectivity index (χ0) is 12.9. The molecule has 3 N–H and O–H groups in total. The van der Waals surface area contributed by atoms with Crippen LogP contribution in [0, 0.1) is 5.82 Å². The number of aromatic hydroxyl groups is 1. The summed E-state index contributed by atoms with van der Waals surface area (Å²) in [7, 11) is -3.90. The number of phenolic OH excluding ortho intramolecular Hbond substituents is 1. The second-order valence-corrected chi connectivity index (χ2v) is 6.47. The Morgan fingerprint density at radius 3 is 2.59 bits per heavy atom. The van der Waals surface area contributed by atoms with Crippen molar-refractivity contribution in [2.75, 3.05) is 11.9 Å². The van der Waals surface area contributed by atoms with Gasteiger partial charge in [0.1, 0.15) is 11.6 Å². The Labute approximate surface area is 103 Å². The van der Waals surface area contributed by atoms with Crippen molar-refractivity contribution in [3.05, 3.63) is 24.0 Å². The fourth-order valence-electron chi connectivity index (χ4n) is 1.21. The highest BCUT2D eigenvalue weighted by atomic mass is 32.2. The van der Waals surface area contributed by atoms with Crippen LogP contribution < -0.4 is 0 Å². The first-order chi connectivity index (χ1) is 7.88. The van der Waals surface area contributed by atoms with Crippen LogP contribution in [-0.2, 0) is 4.57 Å². The summed E-state index contributed by atoms with van der Waals surface area (Å²) in [5, 5.41) is 9.39. The number of phenols is 1. The molecule has 0 heterocycles. The maximum atomic E-state index is 12.7. The van der Waals surface area contributed by atoms with Crippen LogP contribution in [0.4, 0.5) is 4.39 Å². The van der Waals surface area contributed by atoms with E-state index < -0.39 is 13.4 Å². The van der Waals surface area contributed by atoms with Crippen LogP contribution in [0.2, 0.25) is 0 Å². The third-order valence-corrected chi connectivity index (χ3v) is 4.07. The Balaban J connectivity index is 2.29. The molecular formula is C10H14FO4PS. The Kier molecular flexibility index (Phi) is 5.46. The van der Waals surface area contributed by atoms with Crippen LogP contribution >= 0.6 is 19.4 Å². The van der Waals surface area contributed by atoms with Crippen LogP contribution in [0.15, 0.2) is 23.1 Å². The van der Waals surface area contributed by atoms with Gasteiger partial charge in [0.2, 0.25) is 0 Å². The Morgan fingerprint density at radius 2 is 2.00 bits per heavy atom. The average Bonchev–Trinajstić information content (AvgIpc) is 2.18. The molecule has 17 heavy (non-hydrogen) atoms. The van der Waals surface area contributed by atoms with Crippen molar-refractivity contribution in [3.63, 3.8) is 0 Å². The Bertz CT molecular complexity index is 421. The molecule has 0 amide bonds. The number of rotatable bonds is 6. The predicted molar refractivity (Wildman–Crippen MR) is 64.9 cm³/mol. The minimum atomic E-state index is -3.90. The van der Waals surface area contributed by atoms with Gasteiger partial charge in [0, 0.05) is 17.1 Å². The zero-order valence-electron chi connectivity index (χ0n) is 9.04. The monoisotopic (exact) mass is 280 g/mol. The van der Waals surface area contributed by atoms with E-state index in [4.69, 9.17) is 9.79 Å². The molecule has 4 nitrogen and oxygen atoms in total. The highest BCUT2D eigenvalue weighted by Crippen LogP contribution is 2.36. The maximum absolute atomic E-state index is 12.7. The molecule has 96 valence electrons. The summed E-state index contributed by atoms with van der Waals surface area (Å²) in [6.45, 7) is 0. The molecular weight excluding hydrogens is 266 g/mol. The van der Waals surface area contributed by atoms with Crippen LogP contribution in [0.3, 0.4) is 0 Å². The van der Waals surface area contributed by atoms with E-state index >= 15 is 0 Å². The molecule has 0 saturated carbocycles. The first kappa shape index (κ1) is 14.5. The summed E-state index contributed by atoms with van der Waals surface area (Å²) in [6, 6.07) is 3.79. The summed E-state index contributed by atoms with van der Waals surface area (Å²) in [6.07, 6.45) is 0.939. The van der Waals surface area contributed by atoms with Gasteiger partial charge in [-0.05, 0) is 30.7 Å². The maximum Gasteiger partial charge on any atom is 0.325 e. The van der Waals surface area contributed by atoms with Gasteiger partial charge < -0.3 is 14.9 Å². The summed E-state index contributed by atoms with van der Waals surface area (Å²) < 4.78 is 23.2. The molecule has 1 aromatic carbocycles. The molecule has 0 spiro atoms. The molecule has 0 fully saturated rings. The molecule has 1 rings (SSSR count). The Hall–Kier alpha value is -0.550. The predicted octanol–water partition coefficient (Wildman–Crippen LogP) is 2.58. The van der Waals surface area contributed by atoms with E-state index in [1.54, 1.807) is 0 Å². The molecule has 7 heteroatoms. The Morgan fingerprint density at radius 1 is 1.29 bits per heavy atom. The van der Waals surface area contributed by atoms with E-state index in [1.807, 2.05) is 0 Å². The third kappa shape index (κ3) is 6.07. The zero-order valence-corrected chi connectivity index (χ0v) is 10.8. The van der Waals surface area contributed by atoms with Gasteiger partial charge in [0.05, 0.1) is 0 Å². The highest BCUT2D eigenvalue weighted by molar-refractivity contribution is 7.99. The number of unbranched alkanes of at least 4 members (excludes halogenated alkanes) is 1. The number of hydrogen-bond acceptors (Lipinski definition) is 3. The van der Waals surface area contributed by atoms with Crippen molar-refractivity contribution in [2.24, 2.45) is 0 Å². The molecule has 0 aliphatic heterocycles. The topological polar surface area (TPSA) is 77.8 Å². The van der Waals surface area contributed by atoms with Gasteiger partial charge in [-0.2, -0.15) is 0 Å². The first-order valence-electron chi connectivity index (χ1n) is 5.04. The van der Waals surface area contributed by atoms with Crippen LogP contribution in [0.1, 0.15) is 12.8 Å². The molecule has 1 aromatic rings. The van der Waals surface area contributed by atoms with Crippen LogP contribution in [-0.4, -0.2) is 26.8 Å². The summed E-state index contributed by atoms with van der Waals surface area (Å²) in [4.78, 5) is 17.8. The summed E-state index contributed by atoms with van der Waals surface area (Å²) in [5.41, 5.74) is 0. The number of hydrogen-bond donors (Lipinski definition) is 3. The van der Waals surface area contributed by atoms with Crippen molar-refractivity contribution in [1.82, 2.24) is 0 Å². The number of thioether (sulfide) groups is 1. The molecule has 0 saturated heterocycles. The molecule has 0 radical (unpaired) electrons. The third-order valence-electron chi connectivity index (χ3n) is 2.02. The molecule has 0 aromatic heterocycles. The van der Waals surface area contributed by atoms with E-state index in [2.05, 4.69) is 0 Å². The quantitative estimate of drug-likeness (QED) is 0.424. The number of benzene rings is 1. The van der Waals surface area contributed by atoms with Crippen LogP contribution in [0.25, 0.3) is 0 Å². The lowest BCUT2D eigenvalue weighted by atomic mass is 10.3. The largest absolute Gasteiger partial charge is 0.507 e.